The van der Waals surface area contributed by atoms with E-state index in [9.17, 15) is 4.79 Å². The van der Waals surface area contributed by atoms with Crippen molar-refractivity contribution in [1.82, 2.24) is 0 Å². The van der Waals surface area contributed by atoms with Gasteiger partial charge in [-0.15, -0.1) is 0 Å². The van der Waals surface area contributed by atoms with Crippen LogP contribution in [0.1, 0.15) is 27.6 Å². The molecule has 3 rings (SSSR count). The lowest BCUT2D eigenvalue weighted by molar-refractivity contribution is 0.0962. The first kappa shape index (κ1) is 12.2. The Balaban J connectivity index is 2.01. The lowest BCUT2D eigenvalue weighted by atomic mass is 9.92. The van der Waals surface area contributed by atoms with Crippen LogP contribution in [-0.4, -0.2) is 5.78 Å². The van der Waals surface area contributed by atoms with Gasteiger partial charge >= 0.3 is 0 Å². The van der Waals surface area contributed by atoms with E-state index in [1.54, 1.807) is 42.5 Å². The average Bonchev–Trinajstić information content (AvgIpc) is 2.51. The molecule has 3 heteroatoms. The number of nitrogens with zero attached hydrogens (tertiary/aromatic N) is 1. The Hall–Kier alpha value is -2.86. The van der Waals surface area contributed by atoms with Crippen molar-refractivity contribution in [3.05, 3.63) is 77.4 Å². The lowest BCUT2D eigenvalue weighted by Crippen LogP contribution is -2.23. The molecule has 96 valence electrons. The van der Waals surface area contributed by atoms with E-state index in [0.29, 0.717) is 22.4 Å². The Morgan fingerprint density at radius 2 is 1.80 bits per heavy atom. The van der Waals surface area contributed by atoms with Crippen LogP contribution in [-0.2, 0) is 0 Å². The fraction of sp³-hybridized carbons (Fsp3) is 0.0588. The second kappa shape index (κ2) is 4.67. The fourth-order valence-corrected chi connectivity index (χ4v) is 2.25. The first-order chi connectivity index (χ1) is 9.70. The summed E-state index contributed by atoms with van der Waals surface area (Å²) in [6.07, 6.45) is -0.495. The van der Waals surface area contributed by atoms with Crippen LogP contribution >= 0.6 is 0 Å². The summed E-state index contributed by atoms with van der Waals surface area (Å²) in [4.78, 5) is 12.3. The first-order valence-electron chi connectivity index (χ1n) is 6.20. The van der Waals surface area contributed by atoms with Gasteiger partial charge in [-0.25, -0.2) is 0 Å². The molecule has 0 aliphatic carbocycles. The molecule has 2 aromatic carbocycles. The van der Waals surface area contributed by atoms with E-state index < -0.39 is 6.10 Å². The number of carbonyl (C=O) groups excluding carboxylic acids is 1. The third-order valence-electron chi connectivity index (χ3n) is 3.33. The van der Waals surface area contributed by atoms with E-state index in [-0.39, 0.29) is 5.78 Å². The van der Waals surface area contributed by atoms with Crippen LogP contribution in [0.4, 0.5) is 0 Å². The molecule has 0 aromatic heterocycles. The third kappa shape index (κ3) is 1.88. The third-order valence-corrected chi connectivity index (χ3v) is 3.33. The average molecular weight is 261 g/mol. The number of ether oxygens (including phenoxy) is 1. The van der Waals surface area contributed by atoms with Gasteiger partial charge in [-0.1, -0.05) is 30.8 Å². The van der Waals surface area contributed by atoms with Crippen LogP contribution in [0.15, 0.2) is 60.7 Å². The summed E-state index contributed by atoms with van der Waals surface area (Å²) >= 11 is 0. The maximum atomic E-state index is 12.3. The summed E-state index contributed by atoms with van der Waals surface area (Å²) in [5.41, 5.74) is 2.34. The lowest BCUT2D eigenvalue weighted by Gasteiger charge is -2.27. The Labute approximate surface area is 116 Å². The minimum Gasteiger partial charge on any atom is -0.480 e. The molecule has 20 heavy (non-hydrogen) atoms. The quantitative estimate of drug-likeness (QED) is 0.739. The van der Waals surface area contributed by atoms with Crippen molar-refractivity contribution in [3.63, 3.8) is 0 Å². The maximum Gasteiger partial charge on any atom is 0.196 e. The zero-order chi connectivity index (χ0) is 14.1. The van der Waals surface area contributed by atoms with E-state index >= 15 is 0 Å². The molecule has 2 aromatic rings. The van der Waals surface area contributed by atoms with Crippen LogP contribution in [0.2, 0.25) is 0 Å². The molecule has 0 saturated heterocycles. The Morgan fingerprint density at radius 3 is 2.50 bits per heavy atom. The van der Waals surface area contributed by atoms with Gasteiger partial charge in [-0.05, 0) is 29.8 Å². The van der Waals surface area contributed by atoms with Gasteiger partial charge in [0.1, 0.15) is 5.75 Å². The zero-order valence-corrected chi connectivity index (χ0v) is 10.7. The molecule has 0 spiro atoms. The van der Waals surface area contributed by atoms with Crippen molar-refractivity contribution in [2.45, 2.75) is 6.10 Å². The van der Waals surface area contributed by atoms with Crippen LogP contribution in [0.3, 0.4) is 0 Å². The van der Waals surface area contributed by atoms with E-state index in [2.05, 4.69) is 12.6 Å². The summed E-state index contributed by atoms with van der Waals surface area (Å²) < 4.78 is 5.87. The van der Waals surface area contributed by atoms with Crippen LogP contribution in [0.5, 0.6) is 5.75 Å². The highest BCUT2D eigenvalue weighted by Crippen LogP contribution is 2.37. The molecule has 0 fully saturated rings. The second-order valence-electron chi connectivity index (χ2n) is 4.58. The minimum atomic E-state index is -0.495. The summed E-state index contributed by atoms with van der Waals surface area (Å²) in [7, 11) is 0. The summed E-state index contributed by atoms with van der Waals surface area (Å²) in [5, 5.41) is 8.81. The topological polar surface area (TPSA) is 50.1 Å². The number of hydrogen-bond donors (Lipinski definition) is 0. The number of nitriles is 1. The molecule has 1 aliphatic heterocycles. The van der Waals surface area contributed by atoms with E-state index in [1.807, 2.05) is 6.07 Å². The molecule has 1 unspecified atom stereocenters. The van der Waals surface area contributed by atoms with E-state index in [1.165, 1.54) is 0 Å². The maximum absolute atomic E-state index is 12.3. The van der Waals surface area contributed by atoms with Gasteiger partial charge < -0.3 is 4.74 Å². The Bertz CT molecular complexity index is 738. The highest BCUT2D eigenvalue weighted by molar-refractivity contribution is 6.11. The molecule has 0 saturated carbocycles. The van der Waals surface area contributed by atoms with Crippen molar-refractivity contribution in [2.24, 2.45) is 0 Å². The standard InChI is InChI=1S/C17H11NO2/c1-11-16(19)14-4-2-3-5-15(14)20-17(11)13-8-6-12(10-18)7-9-13/h2-9,17H,1H2. The number of carbonyl (C=O) groups is 1. The van der Waals surface area contributed by atoms with Crippen LogP contribution in [0, 0.1) is 11.3 Å². The van der Waals surface area contributed by atoms with Crippen LogP contribution in [0.25, 0.3) is 0 Å². The predicted molar refractivity (Wildman–Crippen MR) is 74.4 cm³/mol. The second-order valence-corrected chi connectivity index (χ2v) is 4.58. The van der Waals surface area contributed by atoms with Crippen molar-refractivity contribution < 1.29 is 9.53 Å². The largest absolute Gasteiger partial charge is 0.480 e. The highest BCUT2D eigenvalue weighted by Gasteiger charge is 2.31. The van der Waals surface area contributed by atoms with Gasteiger partial charge in [0.25, 0.3) is 0 Å². The van der Waals surface area contributed by atoms with Gasteiger partial charge in [0.15, 0.2) is 11.9 Å². The molecule has 0 amide bonds. The molecule has 1 atom stereocenters. The number of hydrogen-bond acceptors (Lipinski definition) is 3. The Kier molecular flexibility index (Phi) is 2.85. The van der Waals surface area contributed by atoms with Crippen LogP contribution < -0.4 is 4.74 Å². The number of fused-ring (bicyclic) bond motifs is 1. The molecule has 0 N–H and O–H groups in total. The number of benzene rings is 2. The highest BCUT2D eigenvalue weighted by atomic mass is 16.5. The summed E-state index contributed by atoms with van der Waals surface area (Å²) in [6.45, 7) is 3.85. The summed E-state index contributed by atoms with van der Waals surface area (Å²) in [5.74, 6) is 0.473. The monoisotopic (exact) mass is 261 g/mol. The first-order valence-corrected chi connectivity index (χ1v) is 6.20. The van der Waals surface area contributed by atoms with E-state index in [0.717, 1.165) is 5.56 Å². The molecule has 0 bridgehead atoms. The van der Waals surface area contributed by atoms with Crippen molar-refractivity contribution in [1.29, 1.82) is 5.26 Å². The SMILES string of the molecule is C=C1C(=O)c2ccccc2OC1c1ccc(C#N)cc1. The molecular weight excluding hydrogens is 250 g/mol. The minimum absolute atomic E-state index is 0.0961. The number of ketones is 1. The van der Waals surface area contributed by atoms with Crippen molar-refractivity contribution >= 4 is 5.78 Å². The van der Waals surface area contributed by atoms with E-state index in [4.69, 9.17) is 10.00 Å². The molecule has 1 aliphatic rings. The number of rotatable bonds is 1. The Morgan fingerprint density at radius 1 is 1.10 bits per heavy atom. The van der Waals surface area contributed by atoms with Gasteiger partial charge in [-0.2, -0.15) is 5.26 Å². The number of Topliss-reactive ketones (excluding diaryl/α,β-unsaturated/α-hetero) is 1. The van der Waals surface area contributed by atoms with Gasteiger partial charge in [0.05, 0.1) is 17.2 Å². The molecule has 3 nitrogen and oxygen atoms in total. The molecular formula is C17H11NO2. The number of para-hydroxylation sites is 1. The molecule has 0 radical (unpaired) electrons. The predicted octanol–water partition coefficient (Wildman–Crippen LogP) is 3.43. The zero-order valence-electron chi connectivity index (χ0n) is 10.7. The van der Waals surface area contributed by atoms with Crippen molar-refractivity contribution in [3.8, 4) is 11.8 Å². The molecule has 1 heterocycles. The summed E-state index contributed by atoms with van der Waals surface area (Å²) in [6, 6.07) is 16.2. The van der Waals surface area contributed by atoms with Gasteiger partial charge in [-0.3, -0.25) is 4.79 Å². The van der Waals surface area contributed by atoms with Gasteiger partial charge in [0.2, 0.25) is 0 Å². The normalized spacial score (nSPS) is 17.1. The van der Waals surface area contributed by atoms with Gasteiger partial charge in [0, 0.05) is 5.57 Å². The fourth-order valence-electron chi connectivity index (χ4n) is 2.25. The smallest absolute Gasteiger partial charge is 0.196 e. The van der Waals surface area contributed by atoms with Crippen molar-refractivity contribution in [2.75, 3.05) is 0 Å².